The van der Waals surface area contributed by atoms with Gasteiger partial charge in [0.2, 0.25) is 0 Å². The Labute approximate surface area is 180 Å². The average Bonchev–Trinajstić information content (AvgIpc) is 2.77. The number of benzene rings is 1. The second-order valence-corrected chi connectivity index (χ2v) is 7.51. The van der Waals surface area contributed by atoms with Crippen molar-refractivity contribution in [2.75, 3.05) is 32.8 Å². The van der Waals surface area contributed by atoms with Gasteiger partial charge < -0.3 is 20.3 Å². The lowest BCUT2D eigenvalue weighted by Crippen LogP contribution is -2.48. The number of amides is 1. The first-order valence-corrected chi connectivity index (χ1v) is 11.2. The first kappa shape index (κ1) is 23.7. The highest BCUT2D eigenvalue weighted by Gasteiger charge is 2.28. The molecule has 1 aromatic carbocycles. The maximum absolute atomic E-state index is 12.1. The fourth-order valence-corrected chi connectivity index (χ4v) is 3.46. The molecule has 2 N–H and O–H groups in total. The first-order valence-electron chi connectivity index (χ1n) is 11.2. The third-order valence-corrected chi connectivity index (χ3v) is 5.12. The minimum atomic E-state index is -0.120. The Kier molecular flexibility index (Phi) is 10.2. The van der Waals surface area contributed by atoms with Crippen molar-refractivity contribution >= 4 is 17.8 Å². The van der Waals surface area contributed by atoms with Gasteiger partial charge in [0.1, 0.15) is 0 Å². The van der Waals surface area contributed by atoms with Gasteiger partial charge in [0.05, 0.1) is 19.1 Å². The summed E-state index contributed by atoms with van der Waals surface area (Å²) in [5.74, 6) is 0.553. The van der Waals surface area contributed by atoms with Crippen LogP contribution in [-0.4, -0.2) is 55.5 Å². The number of nitrogens with zero attached hydrogens (tertiary/aromatic N) is 2. The van der Waals surface area contributed by atoms with Crippen molar-refractivity contribution in [1.82, 2.24) is 15.5 Å². The molecule has 166 valence electrons. The molecule has 30 heavy (non-hydrogen) atoms. The van der Waals surface area contributed by atoms with Gasteiger partial charge in [-0.1, -0.05) is 25.5 Å². The smallest absolute Gasteiger partial charge is 0.310 e. The molecule has 0 bridgehead atoms. The number of carbonyl (C=O) groups is 2. The van der Waals surface area contributed by atoms with E-state index in [0.29, 0.717) is 31.8 Å². The number of esters is 1. The number of aliphatic imine (C=N–C) groups is 1. The molecule has 7 nitrogen and oxygen atoms in total. The van der Waals surface area contributed by atoms with Gasteiger partial charge in [-0.3, -0.25) is 9.59 Å². The Bertz CT molecular complexity index is 703. The molecule has 1 aromatic rings. The molecule has 1 heterocycles. The quantitative estimate of drug-likeness (QED) is 0.280. The van der Waals surface area contributed by atoms with Crippen molar-refractivity contribution < 1.29 is 14.3 Å². The van der Waals surface area contributed by atoms with Crippen LogP contribution in [0.2, 0.25) is 0 Å². The third-order valence-electron chi connectivity index (χ3n) is 5.12. The predicted molar refractivity (Wildman–Crippen MR) is 119 cm³/mol. The van der Waals surface area contributed by atoms with E-state index >= 15 is 0 Å². The van der Waals surface area contributed by atoms with E-state index in [4.69, 9.17) is 9.73 Å². The molecule has 1 aliphatic rings. The summed E-state index contributed by atoms with van der Waals surface area (Å²) in [7, 11) is 0. The topological polar surface area (TPSA) is 83.0 Å². The number of nitrogens with one attached hydrogen (secondary N) is 2. The van der Waals surface area contributed by atoms with Gasteiger partial charge in [0, 0.05) is 31.7 Å². The molecule has 0 radical (unpaired) electrons. The maximum Gasteiger partial charge on any atom is 0.310 e. The highest BCUT2D eigenvalue weighted by atomic mass is 16.5. The maximum atomic E-state index is 12.1. The van der Waals surface area contributed by atoms with Gasteiger partial charge in [0.15, 0.2) is 5.96 Å². The van der Waals surface area contributed by atoms with Gasteiger partial charge in [-0.25, -0.2) is 4.99 Å². The van der Waals surface area contributed by atoms with Crippen LogP contribution in [-0.2, 0) is 16.1 Å². The fraction of sp³-hybridized carbons (Fsp3) is 0.609. The van der Waals surface area contributed by atoms with Crippen molar-refractivity contribution in [3.05, 3.63) is 35.4 Å². The van der Waals surface area contributed by atoms with Crippen LogP contribution >= 0.6 is 0 Å². The minimum Gasteiger partial charge on any atom is -0.466 e. The summed E-state index contributed by atoms with van der Waals surface area (Å²) in [6.07, 6.45) is 3.84. The second-order valence-electron chi connectivity index (χ2n) is 7.51. The lowest BCUT2D eigenvalue weighted by Gasteiger charge is -2.34. The molecule has 0 spiro atoms. The van der Waals surface area contributed by atoms with E-state index in [9.17, 15) is 9.59 Å². The van der Waals surface area contributed by atoms with Crippen LogP contribution in [0.5, 0.6) is 0 Å². The Morgan fingerprint density at radius 2 is 1.93 bits per heavy atom. The molecular weight excluding hydrogens is 380 g/mol. The highest BCUT2D eigenvalue weighted by molar-refractivity contribution is 5.94. The van der Waals surface area contributed by atoms with Crippen LogP contribution in [0.25, 0.3) is 0 Å². The molecule has 0 aliphatic carbocycles. The van der Waals surface area contributed by atoms with Crippen molar-refractivity contribution in [3.8, 4) is 0 Å². The van der Waals surface area contributed by atoms with Crippen LogP contribution in [0.4, 0.5) is 0 Å². The molecule has 1 aliphatic heterocycles. The number of piperidine rings is 1. The SMILES string of the molecule is CCCCNC(=O)c1ccc(CN=C(NCC)N2CCCC(C(=O)OCC)C2)cc1. The van der Waals surface area contributed by atoms with Crippen LogP contribution in [0.15, 0.2) is 29.3 Å². The largest absolute Gasteiger partial charge is 0.466 e. The molecule has 2 rings (SSSR count). The number of ether oxygens (including phenoxy) is 1. The summed E-state index contributed by atoms with van der Waals surface area (Å²) in [4.78, 5) is 31.2. The molecule has 0 saturated carbocycles. The normalized spacial score (nSPS) is 16.8. The van der Waals surface area contributed by atoms with E-state index < -0.39 is 0 Å². The molecular formula is C23H36N4O3. The lowest BCUT2D eigenvalue weighted by atomic mass is 9.98. The zero-order valence-electron chi connectivity index (χ0n) is 18.6. The van der Waals surface area contributed by atoms with Gasteiger partial charge >= 0.3 is 5.97 Å². The lowest BCUT2D eigenvalue weighted by molar-refractivity contribution is -0.149. The van der Waals surface area contributed by atoms with E-state index in [0.717, 1.165) is 50.3 Å². The van der Waals surface area contributed by atoms with Crippen molar-refractivity contribution in [2.24, 2.45) is 10.9 Å². The Balaban J connectivity index is 1.98. The van der Waals surface area contributed by atoms with Crippen LogP contribution in [0.3, 0.4) is 0 Å². The zero-order valence-corrected chi connectivity index (χ0v) is 18.6. The standard InChI is InChI=1S/C23H36N4O3/c1-4-7-14-25-21(28)19-12-10-18(11-13-19)16-26-23(24-5-2)27-15-8-9-20(17-27)22(29)30-6-3/h10-13,20H,4-9,14-17H2,1-3H3,(H,24,26)(H,25,28). The summed E-state index contributed by atoms with van der Waals surface area (Å²) in [5.41, 5.74) is 1.70. The number of guanidine groups is 1. The van der Waals surface area contributed by atoms with Crippen molar-refractivity contribution in [1.29, 1.82) is 0 Å². The molecule has 1 atom stereocenters. The number of unbranched alkanes of at least 4 members (excludes halogenated alkanes) is 1. The summed E-state index contributed by atoms with van der Waals surface area (Å²) in [6, 6.07) is 7.58. The molecule has 1 amide bonds. The van der Waals surface area contributed by atoms with Crippen molar-refractivity contribution in [3.63, 3.8) is 0 Å². The molecule has 1 saturated heterocycles. The van der Waals surface area contributed by atoms with E-state index in [-0.39, 0.29) is 17.8 Å². The zero-order chi connectivity index (χ0) is 21.8. The predicted octanol–water partition coefficient (Wildman–Crippen LogP) is 2.96. The third kappa shape index (κ3) is 7.35. The minimum absolute atomic E-state index is 0.0369. The molecule has 1 fully saturated rings. The first-order chi connectivity index (χ1) is 14.6. The Hall–Kier alpha value is -2.57. The van der Waals surface area contributed by atoms with Gasteiger partial charge in [-0.05, 0) is 50.8 Å². The number of rotatable bonds is 9. The number of hydrogen-bond acceptors (Lipinski definition) is 4. The van der Waals surface area contributed by atoms with Gasteiger partial charge in [-0.15, -0.1) is 0 Å². The summed E-state index contributed by atoms with van der Waals surface area (Å²) in [6.45, 7) is 9.87. The van der Waals surface area contributed by atoms with E-state index in [1.165, 1.54) is 0 Å². The highest BCUT2D eigenvalue weighted by Crippen LogP contribution is 2.18. The van der Waals surface area contributed by atoms with E-state index in [2.05, 4.69) is 22.5 Å². The van der Waals surface area contributed by atoms with Crippen molar-refractivity contribution in [2.45, 2.75) is 53.0 Å². The van der Waals surface area contributed by atoms with E-state index in [1.807, 2.05) is 38.1 Å². The molecule has 1 unspecified atom stereocenters. The number of likely N-dealkylation sites (tertiary alicyclic amines) is 1. The Morgan fingerprint density at radius 3 is 2.60 bits per heavy atom. The number of hydrogen-bond donors (Lipinski definition) is 2. The summed E-state index contributed by atoms with van der Waals surface area (Å²) >= 11 is 0. The summed E-state index contributed by atoms with van der Waals surface area (Å²) in [5, 5.41) is 6.26. The number of carbonyl (C=O) groups excluding carboxylic acids is 2. The van der Waals surface area contributed by atoms with Crippen LogP contribution < -0.4 is 10.6 Å². The van der Waals surface area contributed by atoms with Gasteiger partial charge in [-0.2, -0.15) is 0 Å². The average molecular weight is 417 g/mol. The van der Waals surface area contributed by atoms with Gasteiger partial charge in [0.25, 0.3) is 5.91 Å². The monoisotopic (exact) mass is 416 g/mol. The van der Waals surface area contributed by atoms with Crippen LogP contribution in [0.1, 0.15) is 62.4 Å². The Morgan fingerprint density at radius 1 is 1.17 bits per heavy atom. The fourth-order valence-electron chi connectivity index (χ4n) is 3.46. The molecule has 0 aromatic heterocycles. The summed E-state index contributed by atoms with van der Waals surface area (Å²) < 4.78 is 5.20. The second kappa shape index (κ2) is 12.9. The van der Waals surface area contributed by atoms with Crippen LogP contribution in [0, 0.1) is 5.92 Å². The molecule has 7 heteroatoms. The van der Waals surface area contributed by atoms with E-state index in [1.54, 1.807) is 0 Å².